The van der Waals surface area contributed by atoms with E-state index in [2.05, 4.69) is 5.32 Å². The molecular formula is C11H21NO4. The van der Waals surface area contributed by atoms with Crippen LogP contribution in [0.4, 0.5) is 0 Å². The average Bonchev–Trinajstić information content (AvgIpc) is 2.12. The Labute approximate surface area is 96.2 Å². The molecule has 0 fully saturated rings. The SMILES string of the molecule is CCOC(=O)[C@H](NC(=O)C[C@@H](C)O)C(C)C. The molecule has 16 heavy (non-hydrogen) atoms. The van der Waals surface area contributed by atoms with Crippen LogP contribution in [0.1, 0.15) is 34.1 Å². The molecule has 0 aromatic carbocycles. The average molecular weight is 231 g/mol. The van der Waals surface area contributed by atoms with E-state index in [1.807, 2.05) is 13.8 Å². The number of rotatable bonds is 6. The van der Waals surface area contributed by atoms with Crippen molar-refractivity contribution in [3.05, 3.63) is 0 Å². The highest BCUT2D eigenvalue weighted by molar-refractivity contribution is 5.84. The monoisotopic (exact) mass is 231 g/mol. The lowest BCUT2D eigenvalue weighted by Gasteiger charge is -2.20. The van der Waals surface area contributed by atoms with Gasteiger partial charge in [-0.05, 0) is 19.8 Å². The molecule has 0 saturated carbocycles. The number of esters is 1. The van der Waals surface area contributed by atoms with Gasteiger partial charge in [-0.1, -0.05) is 13.8 Å². The molecule has 0 spiro atoms. The Morgan fingerprint density at radius 3 is 2.25 bits per heavy atom. The third-order valence-corrected chi connectivity index (χ3v) is 2.00. The number of amides is 1. The maximum atomic E-state index is 11.5. The van der Waals surface area contributed by atoms with E-state index < -0.39 is 18.1 Å². The number of nitrogens with one attached hydrogen (secondary N) is 1. The normalized spacial score (nSPS) is 14.4. The van der Waals surface area contributed by atoms with Gasteiger partial charge >= 0.3 is 5.97 Å². The smallest absolute Gasteiger partial charge is 0.328 e. The molecule has 0 aliphatic heterocycles. The largest absolute Gasteiger partial charge is 0.464 e. The molecular weight excluding hydrogens is 210 g/mol. The minimum Gasteiger partial charge on any atom is -0.464 e. The maximum Gasteiger partial charge on any atom is 0.328 e. The Hall–Kier alpha value is -1.10. The Morgan fingerprint density at radius 1 is 1.31 bits per heavy atom. The predicted octanol–water partition coefficient (Wildman–Crippen LogP) is 0.461. The van der Waals surface area contributed by atoms with Gasteiger partial charge in [-0.2, -0.15) is 0 Å². The van der Waals surface area contributed by atoms with Crippen LogP contribution in [-0.2, 0) is 14.3 Å². The summed E-state index contributed by atoms with van der Waals surface area (Å²) in [7, 11) is 0. The van der Waals surface area contributed by atoms with Crippen molar-refractivity contribution in [3.63, 3.8) is 0 Å². The second-order valence-electron chi connectivity index (χ2n) is 4.09. The minimum absolute atomic E-state index is 0.0113. The van der Waals surface area contributed by atoms with E-state index in [-0.39, 0.29) is 24.9 Å². The lowest BCUT2D eigenvalue weighted by Crippen LogP contribution is -2.45. The van der Waals surface area contributed by atoms with Crippen molar-refractivity contribution < 1.29 is 19.4 Å². The van der Waals surface area contributed by atoms with Crippen LogP contribution in [-0.4, -0.2) is 35.7 Å². The molecule has 5 heteroatoms. The van der Waals surface area contributed by atoms with E-state index in [0.29, 0.717) is 0 Å². The molecule has 1 amide bonds. The summed E-state index contributed by atoms with van der Waals surface area (Å²) in [6.07, 6.45) is -0.724. The first-order valence-corrected chi connectivity index (χ1v) is 5.52. The Balaban J connectivity index is 4.34. The van der Waals surface area contributed by atoms with E-state index in [0.717, 1.165) is 0 Å². The van der Waals surface area contributed by atoms with Gasteiger partial charge in [0.15, 0.2) is 0 Å². The summed E-state index contributed by atoms with van der Waals surface area (Å²) >= 11 is 0. The van der Waals surface area contributed by atoms with E-state index in [1.165, 1.54) is 6.92 Å². The van der Waals surface area contributed by atoms with Gasteiger partial charge in [0.1, 0.15) is 6.04 Å². The second kappa shape index (κ2) is 7.22. The van der Waals surface area contributed by atoms with Crippen molar-refractivity contribution in [2.24, 2.45) is 5.92 Å². The molecule has 0 aliphatic rings. The van der Waals surface area contributed by atoms with E-state index in [9.17, 15) is 9.59 Å². The third kappa shape index (κ3) is 5.70. The second-order valence-corrected chi connectivity index (χ2v) is 4.09. The molecule has 0 aromatic rings. The third-order valence-electron chi connectivity index (χ3n) is 2.00. The Bertz CT molecular complexity index is 238. The number of hydrogen-bond donors (Lipinski definition) is 2. The molecule has 0 heterocycles. The highest BCUT2D eigenvalue weighted by Gasteiger charge is 2.25. The zero-order valence-corrected chi connectivity index (χ0v) is 10.3. The lowest BCUT2D eigenvalue weighted by molar-refractivity contribution is -0.148. The number of carbonyl (C=O) groups excluding carboxylic acids is 2. The number of aliphatic hydroxyl groups is 1. The fourth-order valence-corrected chi connectivity index (χ4v) is 1.23. The standard InChI is InChI=1S/C11H21NO4/c1-5-16-11(15)10(7(2)3)12-9(14)6-8(4)13/h7-8,10,13H,5-6H2,1-4H3,(H,12,14)/t8-,10-/m1/s1. The summed E-state index contributed by atoms with van der Waals surface area (Å²) in [4.78, 5) is 22.9. The van der Waals surface area contributed by atoms with Crippen molar-refractivity contribution >= 4 is 11.9 Å². The quantitative estimate of drug-likeness (QED) is 0.651. The zero-order chi connectivity index (χ0) is 12.7. The van der Waals surface area contributed by atoms with E-state index >= 15 is 0 Å². The van der Waals surface area contributed by atoms with E-state index in [4.69, 9.17) is 9.84 Å². The van der Waals surface area contributed by atoms with Crippen molar-refractivity contribution in [2.75, 3.05) is 6.61 Å². The topological polar surface area (TPSA) is 75.6 Å². The van der Waals surface area contributed by atoms with Crippen LogP contribution in [0.15, 0.2) is 0 Å². The summed E-state index contributed by atoms with van der Waals surface area (Å²) < 4.78 is 4.86. The number of aliphatic hydroxyl groups excluding tert-OH is 1. The highest BCUT2D eigenvalue weighted by Crippen LogP contribution is 2.05. The lowest BCUT2D eigenvalue weighted by atomic mass is 10.0. The van der Waals surface area contributed by atoms with Crippen LogP contribution >= 0.6 is 0 Å². The summed E-state index contributed by atoms with van der Waals surface area (Å²) in [5.74, 6) is -0.824. The zero-order valence-electron chi connectivity index (χ0n) is 10.3. The summed E-state index contributed by atoms with van der Waals surface area (Å²) in [6.45, 7) is 7.17. The number of hydrogen-bond acceptors (Lipinski definition) is 4. The molecule has 0 rings (SSSR count). The molecule has 0 aliphatic carbocycles. The molecule has 0 unspecified atom stereocenters. The van der Waals surface area contributed by atoms with Crippen LogP contribution in [0.25, 0.3) is 0 Å². The van der Waals surface area contributed by atoms with Crippen molar-refractivity contribution in [1.29, 1.82) is 0 Å². The number of carbonyl (C=O) groups is 2. The molecule has 0 aromatic heterocycles. The van der Waals surface area contributed by atoms with Gasteiger partial charge < -0.3 is 15.2 Å². The first-order chi connectivity index (χ1) is 7.38. The van der Waals surface area contributed by atoms with Gasteiger partial charge in [0.05, 0.1) is 19.1 Å². The molecule has 0 saturated heterocycles. The van der Waals surface area contributed by atoms with Crippen LogP contribution in [0, 0.1) is 5.92 Å². The van der Waals surface area contributed by atoms with Crippen molar-refractivity contribution in [2.45, 2.75) is 46.3 Å². The van der Waals surface area contributed by atoms with E-state index in [1.54, 1.807) is 6.92 Å². The molecule has 2 N–H and O–H groups in total. The summed E-state index contributed by atoms with van der Waals surface area (Å²) in [5, 5.41) is 11.6. The van der Waals surface area contributed by atoms with Gasteiger partial charge in [0.2, 0.25) is 5.91 Å². The first kappa shape index (κ1) is 14.9. The molecule has 94 valence electrons. The maximum absolute atomic E-state index is 11.5. The van der Waals surface area contributed by atoms with Gasteiger partial charge in [-0.25, -0.2) is 4.79 Å². The van der Waals surface area contributed by atoms with Crippen molar-refractivity contribution in [3.8, 4) is 0 Å². The Morgan fingerprint density at radius 2 is 1.88 bits per heavy atom. The molecule has 5 nitrogen and oxygen atoms in total. The predicted molar refractivity (Wildman–Crippen MR) is 59.7 cm³/mol. The van der Waals surface area contributed by atoms with Gasteiger partial charge in [-0.15, -0.1) is 0 Å². The molecule has 0 bridgehead atoms. The summed E-state index contributed by atoms with van der Waals surface area (Å²) in [5.41, 5.74) is 0. The van der Waals surface area contributed by atoms with Crippen LogP contribution < -0.4 is 5.32 Å². The number of ether oxygens (including phenoxy) is 1. The first-order valence-electron chi connectivity index (χ1n) is 5.52. The van der Waals surface area contributed by atoms with Crippen LogP contribution in [0.5, 0.6) is 0 Å². The van der Waals surface area contributed by atoms with Gasteiger partial charge in [0.25, 0.3) is 0 Å². The molecule has 2 atom stereocenters. The minimum atomic E-state index is -0.713. The fraction of sp³-hybridized carbons (Fsp3) is 0.818. The van der Waals surface area contributed by atoms with Crippen LogP contribution in [0.2, 0.25) is 0 Å². The summed E-state index contributed by atoms with van der Waals surface area (Å²) in [6, 6.07) is -0.647. The van der Waals surface area contributed by atoms with Crippen LogP contribution in [0.3, 0.4) is 0 Å². The fourth-order valence-electron chi connectivity index (χ4n) is 1.23. The molecule has 0 radical (unpaired) electrons. The van der Waals surface area contributed by atoms with Gasteiger partial charge in [0, 0.05) is 0 Å². The highest BCUT2D eigenvalue weighted by atomic mass is 16.5. The van der Waals surface area contributed by atoms with Crippen molar-refractivity contribution in [1.82, 2.24) is 5.32 Å². The Kier molecular flexibility index (Phi) is 6.72. The van der Waals surface area contributed by atoms with Gasteiger partial charge in [-0.3, -0.25) is 4.79 Å².